The molecular formula is C13H21NO2S. The van der Waals surface area contributed by atoms with Crippen LogP contribution in [0.4, 0.5) is 0 Å². The Morgan fingerprint density at radius 2 is 2.24 bits per heavy atom. The van der Waals surface area contributed by atoms with Gasteiger partial charge in [-0.25, -0.2) is 0 Å². The summed E-state index contributed by atoms with van der Waals surface area (Å²) in [5.74, 6) is 1.65. The van der Waals surface area contributed by atoms with Gasteiger partial charge in [0, 0.05) is 23.6 Å². The van der Waals surface area contributed by atoms with E-state index in [0.29, 0.717) is 23.1 Å². The van der Waals surface area contributed by atoms with Crippen LogP contribution in [0.1, 0.15) is 32.6 Å². The zero-order chi connectivity index (χ0) is 12.0. The zero-order valence-corrected chi connectivity index (χ0v) is 11.2. The summed E-state index contributed by atoms with van der Waals surface area (Å²) in [6.45, 7) is 3.30. The Bertz CT molecular complexity index is 323. The SMILES string of the molecule is CC1CC(N2CC3CCCC3C2C(=O)O)CS1. The van der Waals surface area contributed by atoms with E-state index in [1.165, 1.54) is 19.3 Å². The minimum atomic E-state index is -0.580. The third kappa shape index (κ3) is 1.99. The number of carboxylic acids is 1. The van der Waals surface area contributed by atoms with Crippen LogP contribution in [0.15, 0.2) is 0 Å². The molecule has 1 aliphatic carbocycles. The third-order valence-corrected chi connectivity index (χ3v) is 6.16. The smallest absolute Gasteiger partial charge is 0.321 e. The van der Waals surface area contributed by atoms with Crippen LogP contribution in [0.5, 0.6) is 0 Å². The summed E-state index contributed by atoms with van der Waals surface area (Å²) >= 11 is 2.00. The van der Waals surface area contributed by atoms with Crippen LogP contribution in [0.2, 0.25) is 0 Å². The second-order valence-electron chi connectivity index (χ2n) is 5.87. The number of nitrogens with zero attached hydrogens (tertiary/aromatic N) is 1. The van der Waals surface area contributed by atoms with Crippen LogP contribution in [-0.2, 0) is 4.79 Å². The summed E-state index contributed by atoms with van der Waals surface area (Å²) in [5, 5.41) is 10.2. The van der Waals surface area contributed by atoms with Crippen LogP contribution >= 0.6 is 11.8 Å². The minimum Gasteiger partial charge on any atom is -0.480 e. The predicted molar refractivity (Wildman–Crippen MR) is 69.3 cm³/mol. The first-order valence-electron chi connectivity index (χ1n) is 6.77. The van der Waals surface area contributed by atoms with Crippen molar-refractivity contribution in [3.8, 4) is 0 Å². The Hall–Kier alpha value is -0.220. The van der Waals surface area contributed by atoms with Crippen molar-refractivity contribution < 1.29 is 9.90 Å². The molecule has 1 saturated carbocycles. The number of carbonyl (C=O) groups is 1. The topological polar surface area (TPSA) is 40.5 Å². The Morgan fingerprint density at radius 1 is 1.41 bits per heavy atom. The van der Waals surface area contributed by atoms with Gasteiger partial charge in [0.25, 0.3) is 0 Å². The number of carboxylic acid groups (broad SMARTS) is 1. The predicted octanol–water partition coefficient (Wildman–Crippen LogP) is 2.07. The van der Waals surface area contributed by atoms with Crippen molar-refractivity contribution in [1.82, 2.24) is 4.90 Å². The highest BCUT2D eigenvalue weighted by molar-refractivity contribution is 8.00. The van der Waals surface area contributed by atoms with Crippen molar-refractivity contribution in [2.45, 2.75) is 49.9 Å². The number of hydrogen-bond acceptors (Lipinski definition) is 3. The van der Waals surface area contributed by atoms with E-state index in [0.717, 1.165) is 18.7 Å². The lowest BCUT2D eigenvalue weighted by atomic mass is 9.94. The van der Waals surface area contributed by atoms with E-state index < -0.39 is 5.97 Å². The highest BCUT2D eigenvalue weighted by atomic mass is 32.2. The number of aliphatic carboxylic acids is 1. The summed E-state index contributed by atoms with van der Waals surface area (Å²) < 4.78 is 0. The van der Waals surface area contributed by atoms with Gasteiger partial charge >= 0.3 is 5.97 Å². The second kappa shape index (κ2) is 4.47. The van der Waals surface area contributed by atoms with E-state index in [4.69, 9.17) is 0 Å². The number of thioether (sulfide) groups is 1. The van der Waals surface area contributed by atoms with E-state index in [2.05, 4.69) is 11.8 Å². The molecule has 4 heteroatoms. The fourth-order valence-corrected chi connectivity index (χ4v) is 5.30. The maximum atomic E-state index is 11.5. The lowest BCUT2D eigenvalue weighted by Gasteiger charge is -2.29. The Balaban J connectivity index is 1.77. The summed E-state index contributed by atoms with van der Waals surface area (Å²) in [4.78, 5) is 13.9. The van der Waals surface area contributed by atoms with Crippen LogP contribution < -0.4 is 0 Å². The lowest BCUT2D eigenvalue weighted by Crippen LogP contribution is -2.45. The van der Waals surface area contributed by atoms with Gasteiger partial charge < -0.3 is 5.11 Å². The van der Waals surface area contributed by atoms with Gasteiger partial charge in [-0.05, 0) is 31.1 Å². The lowest BCUT2D eigenvalue weighted by molar-refractivity contribution is -0.144. The molecule has 2 heterocycles. The maximum absolute atomic E-state index is 11.5. The molecule has 5 unspecified atom stereocenters. The molecule has 0 bridgehead atoms. The Kier molecular flexibility index (Phi) is 3.11. The van der Waals surface area contributed by atoms with Gasteiger partial charge in [-0.2, -0.15) is 11.8 Å². The number of likely N-dealkylation sites (tertiary alicyclic amines) is 1. The van der Waals surface area contributed by atoms with Crippen LogP contribution in [0.3, 0.4) is 0 Å². The fraction of sp³-hybridized carbons (Fsp3) is 0.923. The van der Waals surface area contributed by atoms with Crippen molar-refractivity contribution >= 4 is 17.7 Å². The molecule has 96 valence electrons. The van der Waals surface area contributed by atoms with Gasteiger partial charge in [0.2, 0.25) is 0 Å². The van der Waals surface area contributed by atoms with Crippen molar-refractivity contribution in [1.29, 1.82) is 0 Å². The van der Waals surface area contributed by atoms with E-state index >= 15 is 0 Å². The monoisotopic (exact) mass is 255 g/mol. The molecule has 2 aliphatic heterocycles. The normalized spacial score (nSPS) is 46.3. The van der Waals surface area contributed by atoms with Crippen LogP contribution in [0, 0.1) is 11.8 Å². The van der Waals surface area contributed by atoms with Gasteiger partial charge in [0.05, 0.1) is 0 Å². The molecular weight excluding hydrogens is 234 g/mol. The largest absolute Gasteiger partial charge is 0.480 e. The molecule has 0 aromatic carbocycles. The second-order valence-corrected chi connectivity index (χ2v) is 7.34. The standard InChI is InChI=1S/C13H21NO2S/c1-8-5-10(7-17-8)14-6-9-3-2-4-11(9)12(14)13(15)16/h8-12H,2-7H2,1H3,(H,15,16). The van der Waals surface area contributed by atoms with Gasteiger partial charge in [0.1, 0.15) is 6.04 Å². The molecule has 3 nitrogen and oxygen atoms in total. The quantitative estimate of drug-likeness (QED) is 0.820. The van der Waals surface area contributed by atoms with E-state index in [1.807, 2.05) is 11.8 Å². The maximum Gasteiger partial charge on any atom is 0.321 e. The molecule has 0 radical (unpaired) electrons. The van der Waals surface area contributed by atoms with Gasteiger partial charge in [-0.15, -0.1) is 0 Å². The zero-order valence-electron chi connectivity index (χ0n) is 10.3. The van der Waals surface area contributed by atoms with Crippen LogP contribution in [-0.4, -0.2) is 45.6 Å². The van der Waals surface area contributed by atoms with Crippen LogP contribution in [0.25, 0.3) is 0 Å². The third-order valence-electron chi connectivity index (χ3n) is 4.83. The molecule has 17 heavy (non-hydrogen) atoms. The first-order chi connectivity index (χ1) is 8.16. The van der Waals surface area contributed by atoms with E-state index in [-0.39, 0.29) is 6.04 Å². The Labute approximate surface area is 107 Å². The van der Waals surface area contributed by atoms with Gasteiger partial charge in [0.15, 0.2) is 0 Å². The highest BCUT2D eigenvalue weighted by Gasteiger charge is 2.50. The average Bonchev–Trinajstić information content (AvgIpc) is 2.88. The average molecular weight is 255 g/mol. The molecule has 0 amide bonds. The summed E-state index contributed by atoms with van der Waals surface area (Å²) in [5.41, 5.74) is 0. The molecule has 5 atom stereocenters. The molecule has 0 aromatic rings. The summed E-state index contributed by atoms with van der Waals surface area (Å²) in [7, 11) is 0. The van der Waals surface area contributed by atoms with E-state index in [1.54, 1.807) is 0 Å². The molecule has 0 aromatic heterocycles. The molecule has 3 aliphatic rings. The molecule has 0 spiro atoms. The Morgan fingerprint density at radius 3 is 2.88 bits per heavy atom. The molecule has 1 N–H and O–H groups in total. The first-order valence-corrected chi connectivity index (χ1v) is 7.82. The van der Waals surface area contributed by atoms with Crippen molar-refractivity contribution in [2.75, 3.05) is 12.3 Å². The van der Waals surface area contributed by atoms with Crippen molar-refractivity contribution in [3.63, 3.8) is 0 Å². The highest BCUT2D eigenvalue weighted by Crippen LogP contribution is 2.45. The summed E-state index contributed by atoms with van der Waals surface area (Å²) in [6, 6.07) is 0.333. The van der Waals surface area contributed by atoms with Gasteiger partial charge in [-0.3, -0.25) is 9.69 Å². The van der Waals surface area contributed by atoms with E-state index in [9.17, 15) is 9.90 Å². The van der Waals surface area contributed by atoms with Crippen molar-refractivity contribution in [2.24, 2.45) is 11.8 Å². The van der Waals surface area contributed by atoms with Crippen molar-refractivity contribution in [3.05, 3.63) is 0 Å². The number of rotatable bonds is 2. The fourth-order valence-electron chi connectivity index (χ4n) is 4.07. The molecule has 2 saturated heterocycles. The van der Waals surface area contributed by atoms with Gasteiger partial charge in [-0.1, -0.05) is 13.3 Å². The molecule has 3 fully saturated rings. The summed E-state index contributed by atoms with van der Waals surface area (Å²) in [6.07, 6.45) is 4.80. The minimum absolute atomic E-state index is 0.182. The number of fused-ring (bicyclic) bond motifs is 1. The number of hydrogen-bond donors (Lipinski definition) is 1. The molecule has 3 rings (SSSR count). The first kappa shape index (κ1) is 11.8.